The van der Waals surface area contributed by atoms with Crippen molar-refractivity contribution < 1.29 is 4.57 Å². The minimum absolute atomic E-state index is 0.0831. The summed E-state index contributed by atoms with van der Waals surface area (Å²) in [4.78, 5) is 0. The summed E-state index contributed by atoms with van der Waals surface area (Å²) in [6.45, 7) is 8.38. The van der Waals surface area contributed by atoms with Gasteiger partial charge in [0.05, 0.1) is 0 Å². The van der Waals surface area contributed by atoms with Crippen LogP contribution in [-0.2, 0) is 4.57 Å². The largest absolute Gasteiger partial charge is 0.318 e. The van der Waals surface area contributed by atoms with Gasteiger partial charge in [-0.1, -0.05) is 155 Å². The van der Waals surface area contributed by atoms with Crippen LogP contribution in [0.4, 0.5) is 0 Å². The lowest BCUT2D eigenvalue weighted by Gasteiger charge is -2.27. The molecule has 2 heteroatoms. The van der Waals surface area contributed by atoms with Gasteiger partial charge >= 0.3 is 0 Å². The van der Waals surface area contributed by atoms with E-state index in [9.17, 15) is 4.57 Å². The highest BCUT2D eigenvalue weighted by Gasteiger charge is 2.32. The van der Waals surface area contributed by atoms with Gasteiger partial charge in [-0.2, -0.15) is 0 Å². The molecule has 0 unspecified atom stereocenters. The summed E-state index contributed by atoms with van der Waals surface area (Å²) in [5, 5.41) is 10.8. The van der Waals surface area contributed by atoms with Crippen LogP contribution >= 0.6 is 7.14 Å². The molecule has 0 N–H and O–H groups in total. The molecule has 0 saturated carbocycles. The Bertz CT molecular complexity index is 2540. The van der Waals surface area contributed by atoms with Crippen LogP contribution in [0.5, 0.6) is 0 Å². The molecule has 8 rings (SSSR count). The summed E-state index contributed by atoms with van der Waals surface area (Å²) < 4.78 is 14.4. The third-order valence-corrected chi connectivity index (χ3v) is 14.4. The van der Waals surface area contributed by atoms with E-state index in [1.807, 2.05) is 0 Å². The van der Waals surface area contributed by atoms with Crippen molar-refractivity contribution in [1.82, 2.24) is 0 Å². The molecule has 0 aliphatic heterocycles. The lowest BCUT2D eigenvalue weighted by Crippen LogP contribution is -2.19. The van der Waals surface area contributed by atoms with Crippen molar-refractivity contribution in [1.29, 1.82) is 0 Å². The fraction of sp³-hybridized carbons (Fsp3) is 0.130. The van der Waals surface area contributed by atoms with Gasteiger partial charge in [-0.15, -0.1) is 0 Å². The van der Waals surface area contributed by atoms with Crippen LogP contribution in [0.15, 0.2) is 152 Å². The summed E-state index contributed by atoms with van der Waals surface area (Å²) in [7, 11) is -2.59. The molecular formula is C46H39OP. The predicted octanol–water partition coefficient (Wildman–Crippen LogP) is 13.1. The highest BCUT2D eigenvalue weighted by molar-refractivity contribution is 7.72. The molecule has 234 valence electrons. The van der Waals surface area contributed by atoms with Crippen LogP contribution in [0.25, 0.3) is 76.5 Å². The second-order valence-electron chi connectivity index (χ2n) is 13.6. The van der Waals surface area contributed by atoms with Gasteiger partial charge in [0.25, 0.3) is 0 Å². The van der Waals surface area contributed by atoms with E-state index >= 15 is 0 Å². The Morgan fingerprint density at radius 1 is 0.375 bits per heavy atom. The Morgan fingerprint density at radius 2 is 0.833 bits per heavy atom. The van der Waals surface area contributed by atoms with E-state index in [2.05, 4.69) is 179 Å². The minimum Gasteiger partial charge on any atom is -0.318 e. The number of rotatable bonds is 6. The number of fused-ring (bicyclic) bond motifs is 4. The average Bonchev–Trinajstić information content (AvgIpc) is 3.12. The topological polar surface area (TPSA) is 17.1 Å². The summed E-state index contributed by atoms with van der Waals surface area (Å²) >= 11 is 0. The van der Waals surface area contributed by atoms with Crippen molar-refractivity contribution in [2.75, 3.05) is 0 Å². The Balaban J connectivity index is 1.45. The maximum absolute atomic E-state index is 14.4. The fourth-order valence-corrected chi connectivity index (χ4v) is 10.8. The Morgan fingerprint density at radius 3 is 1.40 bits per heavy atom. The molecular weight excluding hydrogens is 599 g/mol. The van der Waals surface area contributed by atoms with Gasteiger partial charge in [-0.25, -0.2) is 0 Å². The van der Waals surface area contributed by atoms with Crippen molar-refractivity contribution in [3.8, 4) is 33.4 Å². The van der Waals surface area contributed by atoms with Crippen LogP contribution in [-0.4, -0.2) is 11.3 Å². The Hall–Kier alpha value is -4.97. The predicted molar refractivity (Wildman–Crippen MR) is 210 cm³/mol. The van der Waals surface area contributed by atoms with Gasteiger partial charge in [-0.05, 0) is 101 Å². The monoisotopic (exact) mass is 638 g/mol. The normalized spacial score (nSPS) is 12.2. The molecule has 8 aromatic carbocycles. The van der Waals surface area contributed by atoms with E-state index in [1.54, 1.807) is 0 Å². The summed E-state index contributed by atoms with van der Waals surface area (Å²) in [5.41, 5.74) is 7.30. The zero-order valence-corrected chi connectivity index (χ0v) is 28.8. The highest BCUT2D eigenvalue weighted by atomic mass is 31.2. The van der Waals surface area contributed by atoms with Gasteiger partial charge in [-0.3, -0.25) is 0 Å². The molecule has 0 aliphatic rings. The fourth-order valence-electron chi connectivity index (χ4n) is 7.77. The van der Waals surface area contributed by atoms with E-state index in [4.69, 9.17) is 0 Å². The van der Waals surface area contributed by atoms with Crippen molar-refractivity contribution in [2.45, 2.75) is 39.0 Å². The third kappa shape index (κ3) is 4.97. The molecule has 1 nitrogen and oxygen atoms in total. The van der Waals surface area contributed by atoms with Gasteiger partial charge in [0.2, 0.25) is 0 Å². The molecule has 0 amide bonds. The second-order valence-corrected chi connectivity index (χ2v) is 17.6. The highest BCUT2D eigenvalue weighted by Crippen LogP contribution is 2.54. The Kier molecular flexibility index (Phi) is 7.54. The molecule has 0 fully saturated rings. The maximum Gasteiger partial charge on any atom is 0.120 e. The first-order valence-electron chi connectivity index (χ1n) is 17.0. The second kappa shape index (κ2) is 11.9. The third-order valence-electron chi connectivity index (χ3n) is 10.2. The number of hydrogen-bond acceptors (Lipinski definition) is 1. The molecule has 0 radical (unpaired) electrons. The van der Waals surface area contributed by atoms with Crippen molar-refractivity contribution in [2.24, 2.45) is 0 Å². The first-order chi connectivity index (χ1) is 23.3. The zero-order chi connectivity index (χ0) is 33.0. The van der Waals surface area contributed by atoms with E-state index < -0.39 is 7.14 Å². The summed E-state index contributed by atoms with van der Waals surface area (Å²) in [6.07, 6.45) is 0. The minimum atomic E-state index is -2.59. The molecule has 0 aromatic heterocycles. The molecule has 0 spiro atoms. The van der Waals surface area contributed by atoms with E-state index in [1.165, 1.54) is 65.3 Å². The van der Waals surface area contributed by atoms with E-state index in [0.717, 1.165) is 16.4 Å². The molecule has 0 atom stereocenters. The SMILES string of the molecule is CC(C)P(=O)(c1cccc(-c2ccc3c(-c4ccc5ccccc5c4)c4ccccc4c(-c4ccc5ccccc5c4)c3c2)c1)C(C)C. The molecule has 0 heterocycles. The van der Waals surface area contributed by atoms with Crippen LogP contribution in [0.1, 0.15) is 27.7 Å². The standard InChI is InChI=1S/C46H39OP/c1-30(2)48(47,31(3)4)40-17-11-16-36(28-40)37-24-25-43-44(29-37)46(39-23-21-33-13-6-8-15-35(33)27-39)42-19-10-9-18-41(42)45(43)38-22-20-32-12-5-7-14-34(32)26-38/h5-31H,1-4H3. The lowest BCUT2D eigenvalue weighted by atomic mass is 9.84. The molecule has 48 heavy (non-hydrogen) atoms. The van der Waals surface area contributed by atoms with Crippen molar-refractivity contribution in [3.05, 3.63) is 152 Å². The van der Waals surface area contributed by atoms with Crippen molar-refractivity contribution in [3.63, 3.8) is 0 Å². The molecule has 0 bridgehead atoms. The first kappa shape index (κ1) is 30.4. The van der Waals surface area contributed by atoms with Crippen molar-refractivity contribution >= 4 is 55.5 Å². The molecule has 8 aromatic rings. The van der Waals surface area contributed by atoms with Crippen LogP contribution in [0.2, 0.25) is 0 Å². The van der Waals surface area contributed by atoms with E-state index in [-0.39, 0.29) is 11.3 Å². The zero-order valence-electron chi connectivity index (χ0n) is 27.9. The number of hydrogen-bond donors (Lipinski definition) is 0. The van der Waals surface area contributed by atoms with Crippen LogP contribution in [0, 0.1) is 0 Å². The maximum atomic E-state index is 14.4. The molecule has 0 saturated heterocycles. The van der Waals surface area contributed by atoms with Crippen LogP contribution < -0.4 is 5.30 Å². The summed E-state index contributed by atoms with van der Waals surface area (Å²) in [5.74, 6) is 0. The van der Waals surface area contributed by atoms with Crippen LogP contribution in [0.3, 0.4) is 0 Å². The van der Waals surface area contributed by atoms with Gasteiger partial charge in [0.15, 0.2) is 0 Å². The van der Waals surface area contributed by atoms with Gasteiger partial charge in [0.1, 0.15) is 7.14 Å². The smallest absolute Gasteiger partial charge is 0.120 e. The first-order valence-corrected chi connectivity index (χ1v) is 18.8. The van der Waals surface area contributed by atoms with Gasteiger partial charge in [0, 0.05) is 16.6 Å². The van der Waals surface area contributed by atoms with Gasteiger partial charge < -0.3 is 4.57 Å². The number of benzene rings is 8. The molecule has 0 aliphatic carbocycles. The van der Waals surface area contributed by atoms with E-state index in [0.29, 0.717) is 0 Å². The summed E-state index contributed by atoms with van der Waals surface area (Å²) in [6, 6.07) is 55.2. The average molecular weight is 639 g/mol. The lowest BCUT2D eigenvalue weighted by molar-refractivity contribution is 0.569. The Labute approximate surface area is 283 Å². The quantitative estimate of drug-likeness (QED) is 0.131.